The minimum Gasteiger partial charge on any atom is -0.380 e. The van der Waals surface area contributed by atoms with Crippen molar-refractivity contribution in [3.8, 4) is 6.07 Å². The molecule has 2 heterocycles. The second-order valence-electron chi connectivity index (χ2n) is 5.74. The van der Waals surface area contributed by atoms with Gasteiger partial charge in [-0.05, 0) is 31.0 Å². The summed E-state index contributed by atoms with van der Waals surface area (Å²) >= 11 is 0. The molecule has 7 heteroatoms. The summed E-state index contributed by atoms with van der Waals surface area (Å²) in [6.45, 7) is 3.15. The fraction of sp³-hybridized carbons (Fsp3) is 0.438. The molecule has 0 radical (unpaired) electrons. The zero-order chi connectivity index (χ0) is 16.4. The van der Waals surface area contributed by atoms with E-state index in [1.807, 2.05) is 13.0 Å². The number of rotatable bonds is 4. The highest BCUT2D eigenvalue weighted by Crippen LogP contribution is 2.32. The van der Waals surface area contributed by atoms with Gasteiger partial charge in [0, 0.05) is 20.2 Å². The number of benzene rings is 1. The van der Waals surface area contributed by atoms with E-state index in [1.165, 1.54) is 12.1 Å². The fourth-order valence-corrected chi connectivity index (χ4v) is 2.97. The standard InChI is InChI=1S/C16H18FN5O/c1-10-19-16(21-20-10)15-6-13(23-2)9-22(15)8-11-3-4-12(7-18)14(17)5-11/h3-5,13,15H,6,8-9H2,1-2H3,(H,19,20,21)/t13-,15+/m1/s1. The predicted octanol–water partition coefficient (Wildman–Crippen LogP) is 2.09. The number of likely N-dealkylation sites (tertiary alicyclic amines) is 1. The average Bonchev–Trinajstić information content (AvgIpc) is 3.13. The first-order valence-corrected chi connectivity index (χ1v) is 7.45. The summed E-state index contributed by atoms with van der Waals surface area (Å²) in [5.74, 6) is 1.01. The van der Waals surface area contributed by atoms with Gasteiger partial charge in [0.15, 0.2) is 5.82 Å². The van der Waals surface area contributed by atoms with Gasteiger partial charge in [0.25, 0.3) is 0 Å². The molecule has 0 bridgehead atoms. The lowest BCUT2D eigenvalue weighted by molar-refractivity contribution is 0.107. The molecule has 3 rings (SSSR count). The fourth-order valence-electron chi connectivity index (χ4n) is 2.97. The Morgan fingerprint density at radius 1 is 1.52 bits per heavy atom. The molecule has 120 valence electrons. The number of hydrogen-bond donors (Lipinski definition) is 1. The van der Waals surface area contributed by atoms with Gasteiger partial charge < -0.3 is 4.74 Å². The quantitative estimate of drug-likeness (QED) is 0.934. The minimum atomic E-state index is -0.488. The van der Waals surface area contributed by atoms with Crippen molar-refractivity contribution in [1.82, 2.24) is 20.1 Å². The number of aromatic nitrogens is 3. The van der Waals surface area contributed by atoms with Crippen LogP contribution in [-0.2, 0) is 11.3 Å². The maximum Gasteiger partial charge on any atom is 0.167 e. The van der Waals surface area contributed by atoms with E-state index in [0.717, 1.165) is 30.2 Å². The number of ether oxygens (including phenoxy) is 1. The van der Waals surface area contributed by atoms with E-state index in [1.54, 1.807) is 13.2 Å². The zero-order valence-electron chi connectivity index (χ0n) is 13.1. The number of H-pyrrole nitrogens is 1. The monoisotopic (exact) mass is 315 g/mol. The molecule has 1 aliphatic heterocycles. The largest absolute Gasteiger partial charge is 0.380 e. The van der Waals surface area contributed by atoms with Crippen molar-refractivity contribution < 1.29 is 9.13 Å². The van der Waals surface area contributed by atoms with Crippen LogP contribution in [0.1, 0.15) is 35.2 Å². The van der Waals surface area contributed by atoms with Crippen LogP contribution in [0.2, 0.25) is 0 Å². The van der Waals surface area contributed by atoms with Crippen LogP contribution in [0.25, 0.3) is 0 Å². The number of halogens is 1. The van der Waals surface area contributed by atoms with Crippen LogP contribution in [0.5, 0.6) is 0 Å². The van der Waals surface area contributed by atoms with E-state index in [4.69, 9.17) is 10.00 Å². The maximum atomic E-state index is 13.8. The first-order chi connectivity index (χ1) is 11.1. The smallest absolute Gasteiger partial charge is 0.167 e. The van der Waals surface area contributed by atoms with Crippen LogP contribution in [-0.4, -0.2) is 39.8 Å². The SMILES string of the molecule is CO[C@@H]1C[C@@H](c2n[nH]c(C)n2)N(Cc2ccc(C#N)c(F)c2)C1. The second kappa shape index (κ2) is 6.44. The van der Waals surface area contributed by atoms with Gasteiger partial charge in [-0.3, -0.25) is 10.00 Å². The van der Waals surface area contributed by atoms with Crippen LogP contribution in [0.4, 0.5) is 4.39 Å². The molecule has 0 unspecified atom stereocenters. The molecule has 2 atom stereocenters. The molecule has 1 aromatic heterocycles. The van der Waals surface area contributed by atoms with Crippen molar-refractivity contribution in [3.63, 3.8) is 0 Å². The predicted molar refractivity (Wildman–Crippen MR) is 80.8 cm³/mol. The molecule has 0 saturated carbocycles. The number of nitriles is 1. The number of aryl methyl sites for hydroxylation is 1. The summed E-state index contributed by atoms with van der Waals surface area (Å²) in [7, 11) is 1.69. The topological polar surface area (TPSA) is 77.8 Å². The number of hydrogen-bond acceptors (Lipinski definition) is 5. The molecule has 1 saturated heterocycles. The third-order valence-corrected chi connectivity index (χ3v) is 4.15. The van der Waals surface area contributed by atoms with Gasteiger partial charge in [-0.1, -0.05) is 6.07 Å². The third-order valence-electron chi connectivity index (χ3n) is 4.15. The summed E-state index contributed by atoms with van der Waals surface area (Å²) in [4.78, 5) is 6.60. The highest BCUT2D eigenvalue weighted by molar-refractivity contribution is 5.33. The van der Waals surface area contributed by atoms with Crippen LogP contribution in [0.3, 0.4) is 0 Å². The van der Waals surface area contributed by atoms with Crippen LogP contribution in [0.15, 0.2) is 18.2 Å². The Labute approximate surface area is 133 Å². The first kappa shape index (κ1) is 15.6. The van der Waals surface area contributed by atoms with E-state index < -0.39 is 5.82 Å². The molecule has 1 fully saturated rings. The highest BCUT2D eigenvalue weighted by atomic mass is 19.1. The minimum absolute atomic E-state index is 0.0311. The Morgan fingerprint density at radius 2 is 2.35 bits per heavy atom. The average molecular weight is 315 g/mol. The lowest BCUT2D eigenvalue weighted by Gasteiger charge is -2.22. The summed E-state index contributed by atoms with van der Waals surface area (Å²) < 4.78 is 19.3. The Balaban J connectivity index is 1.81. The molecule has 0 amide bonds. The lowest BCUT2D eigenvalue weighted by Crippen LogP contribution is -2.25. The molecule has 1 N–H and O–H groups in total. The maximum absolute atomic E-state index is 13.8. The van der Waals surface area contributed by atoms with Gasteiger partial charge in [-0.25, -0.2) is 9.37 Å². The first-order valence-electron chi connectivity index (χ1n) is 7.45. The van der Waals surface area contributed by atoms with Crippen molar-refractivity contribution in [2.24, 2.45) is 0 Å². The summed E-state index contributed by atoms with van der Waals surface area (Å²) in [5.41, 5.74) is 0.876. The van der Waals surface area contributed by atoms with Gasteiger partial charge in [-0.15, -0.1) is 0 Å². The summed E-state index contributed by atoms with van der Waals surface area (Å²) in [6, 6.07) is 6.58. The highest BCUT2D eigenvalue weighted by Gasteiger charge is 2.35. The van der Waals surface area contributed by atoms with Gasteiger partial charge in [0.05, 0.1) is 17.7 Å². The van der Waals surface area contributed by atoms with Crippen LogP contribution < -0.4 is 0 Å². The van der Waals surface area contributed by atoms with Crippen molar-refractivity contribution in [3.05, 3.63) is 46.8 Å². The number of nitrogens with zero attached hydrogens (tertiary/aromatic N) is 4. The van der Waals surface area contributed by atoms with Crippen LogP contribution >= 0.6 is 0 Å². The Kier molecular flexibility index (Phi) is 4.37. The van der Waals surface area contributed by atoms with Gasteiger partial charge >= 0.3 is 0 Å². The van der Waals surface area contributed by atoms with E-state index in [9.17, 15) is 4.39 Å². The summed E-state index contributed by atoms with van der Waals surface area (Å²) in [5, 5.41) is 15.9. The van der Waals surface area contributed by atoms with Gasteiger partial charge in [0.1, 0.15) is 17.7 Å². The van der Waals surface area contributed by atoms with Crippen molar-refractivity contribution >= 4 is 0 Å². The molecule has 0 spiro atoms. The van der Waals surface area contributed by atoms with Crippen molar-refractivity contribution in [1.29, 1.82) is 5.26 Å². The molecule has 2 aromatic rings. The van der Waals surface area contributed by atoms with Crippen molar-refractivity contribution in [2.75, 3.05) is 13.7 Å². The second-order valence-corrected chi connectivity index (χ2v) is 5.74. The molecule has 23 heavy (non-hydrogen) atoms. The Bertz CT molecular complexity index is 738. The van der Waals surface area contributed by atoms with Crippen molar-refractivity contribution in [2.45, 2.75) is 32.0 Å². The number of methoxy groups -OCH3 is 1. The van der Waals surface area contributed by atoms with E-state index >= 15 is 0 Å². The Hall–Kier alpha value is -2.30. The number of nitrogens with one attached hydrogen (secondary N) is 1. The Morgan fingerprint density at radius 3 is 2.96 bits per heavy atom. The lowest BCUT2D eigenvalue weighted by atomic mass is 10.1. The van der Waals surface area contributed by atoms with E-state index in [0.29, 0.717) is 6.54 Å². The molecule has 6 nitrogen and oxygen atoms in total. The zero-order valence-corrected chi connectivity index (χ0v) is 13.1. The molecular weight excluding hydrogens is 297 g/mol. The van der Waals surface area contributed by atoms with Gasteiger partial charge in [0.2, 0.25) is 0 Å². The van der Waals surface area contributed by atoms with Crippen LogP contribution in [0, 0.1) is 24.1 Å². The van der Waals surface area contributed by atoms with E-state index in [-0.39, 0.29) is 17.7 Å². The normalized spacial score (nSPS) is 21.5. The molecule has 1 aliphatic rings. The summed E-state index contributed by atoms with van der Waals surface area (Å²) in [6.07, 6.45) is 0.897. The molecule has 1 aromatic carbocycles. The molecule has 0 aliphatic carbocycles. The van der Waals surface area contributed by atoms with Gasteiger partial charge in [-0.2, -0.15) is 10.4 Å². The third kappa shape index (κ3) is 3.23. The number of aromatic amines is 1. The van der Waals surface area contributed by atoms with E-state index in [2.05, 4.69) is 20.1 Å². The molecular formula is C16H18FN5O.